The molecule has 0 saturated heterocycles. The van der Waals surface area contributed by atoms with Crippen molar-refractivity contribution in [3.05, 3.63) is 29.8 Å². The third kappa shape index (κ3) is 4.40. The fraction of sp³-hybridized carbons (Fsp3) is 0.533. The van der Waals surface area contributed by atoms with E-state index in [0.29, 0.717) is 6.42 Å². The van der Waals surface area contributed by atoms with Gasteiger partial charge < -0.3 is 10.1 Å². The first-order chi connectivity index (χ1) is 8.54. The highest BCUT2D eigenvalue weighted by atomic mass is 16.5. The molecule has 0 aliphatic heterocycles. The molecule has 3 nitrogen and oxygen atoms in total. The van der Waals surface area contributed by atoms with Crippen LogP contribution in [0.15, 0.2) is 24.3 Å². The first kappa shape index (κ1) is 14.6. The molecule has 0 bridgehead atoms. The van der Waals surface area contributed by atoms with Crippen molar-refractivity contribution in [2.24, 2.45) is 0 Å². The second-order valence-corrected chi connectivity index (χ2v) is 4.74. The number of ether oxygens (including phenoxy) is 1. The third-order valence-electron chi connectivity index (χ3n) is 2.60. The zero-order valence-electron chi connectivity index (χ0n) is 11.7. The Morgan fingerprint density at radius 2 is 1.94 bits per heavy atom. The van der Waals surface area contributed by atoms with E-state index in [1.54, 1.807) is 0 Å². The van der Waals surface area contributed by atoms with Gasteiger partial charge in [-0.05, 0) is 33.3 Å². The maximum absolute atomic E-state index is 11.6. The van der Waals surface area contributed by atoms with Crippen LogP contribution in [0.3, 0.4) is 0 Å². The van der Waals surface area contributed by atoms with Crippen molar-refractivity contribution in [1.82, 2.24) is 5.32 Å². The maximum atomic E-state index is 11.6. The Hall–Kier alpha value is -1.51. The molecule has 0 heterocycles. The largest absolute Gasteiger partial charge is 0.491 e. The van der Waals surface area contributed by atoms with E-state index in [-0.39, 0.29) is 18.1 Å². The van der Waals surface area contributed by atoms with Gasteiger partial charge in [-0.2, -0.15) is 0 Å². The molecule has 1 aromatic rings. The van der Waals surface area contributed by atoms with E-state index in [0.717, 1.165) is 17.7 Å². The number of para-hydroxylation sites is 1. The Labute approximate surface area is 110 Å². The summed E-state index contributed by atoms with van der Waals surface area (Å²) < 4.78 is 5.76. The van der Waals surface area contributed by atoms with Gasteiger partial charge in [0.1, 0.15) is 5.75 Å². The van der Waals surface area contributed by atoms with E-state index in [1.807, 2.05) is 52.0 Å². The SMILES string of the molecule is CCCC(=O)NC(C)c1ccccc1OC(C)C. The molecule has 3 heteroatoms. The summed E-state index contributed by atoms with van der Waals surface area (Å²) in [6.45, 7) is 7.98. The van der Waals surface area contributed by atoms with Crippen molar-refractivity contribution >= 4 is 5.91 Å². The van der Waals surface area contributed by atoms with Gasteiger partial charge in [0.05, 0.1) is 12.1 Å². The average molecular weight is 249 g/mol. The van der Waals surface area contributed by atoms with E-state index in [1.165, 1.54) is 0 Å². The molecule has 1 atom stereocenters. The Balaban J connectivity index is 2.78. The highest BCUT2D eigenvalue weighted by Crippen LogP contribution is 2.25. The molecule has 18 heavy (non-hydrogen) atoms. The normalized spacial score (nSPS) is 12.3. The fourth-order valence-corrected chi connectivity index (χ4v) is 1.82. The minimum absolute atomic E-state index is 0.0287. The minimum Gasteiger partial charge on any atom is -0.491 e. The molecule has 1 aromatic carbocycles. The number of benzene rings is 1. The van der Waals surface area contributed by atoms with Gasteiger partial charge in [0.15, 0.2) is 0 Å². The smallest absolute Gasteiger partial charge is 0.220 e. The molecule has 0 radical (unpaired) electrons. The lowest BCUT2D eigenvalue weighted by molar-refractivity contribution is -0.121. The fourth-order valence-electron chi connectivity index (χ4n) is 1.82. The zero-order chi connectivity index (χ0) is 13.5. The summed E-state index contributed by atoms with van der Waals surface area (Å²) in [5, 5.41) is 2.99. The molecule has 1 amide bonds. The molecular formula is C15H23NO2. The van der Waals surface area contributed by atoms with Crippen molar-refractivity contribution in [3.63, 3.8) is 0 Å². The Bertz CT molecular complexity index is 388. The molecule has 1 unspecified atom stereocenters. The highest BCUT2D eigenvalue weighted by molar-refractivity contribution is 5.76. The molecule has 0 saturated carbocycles. The standard InChI is InChI=1S/C15H23NO2/c1-5-8-15(17)16-12(4)13-9-6-7-10-14(13)18-11(2)3/h6-7,9-12H,5,8H2,1-4H3,(H,16,17). The van der Waals surface area contributed by atoms with Crippen molar-refractivity contribution in [2.45, 2.75) is 52.7 Å². The second-order valence-electron chi connectivity index (χ2n) is 4.74. The molecule has 0 aromatic heterocycles. The van der Waals surface area contributed by atoms with Crippen LogP contribution in [0.1, 0.15) is 52.1 Å². The van der Waals surface area contributed by atoms with Crippen molar-refractivity contribution in [2.75, 3.05) is 0 Å². The van der Waals surface area contributed by atoms with Gasteiger partial charge in [-0.15, -0.1) is 0 Å². The Morgan fingerprint density at radius 3 is 2.56 bits per heavy atom. The molecule has 100 valence electrons. The number of amides is 1. The number of carbonyl (C=O) groups is 1. The van der Waals surface area contributed by atoms with Crippen LogP contribution < -0.4 is 10.1 Å². The summed E-state index contributed by atoms with van der Waals surface area (Å²) in [7, 11) is 0. The third-order valence-corrected chi connectivity index (χ3v) is 2.60. The molecular weight excluding hydrogens is 226 g/mol. The lowest BCUT2D eigenvalue weighted by Gasteiger charge is -2.19. The molecule has 0 aliphatic rings. The average Bonchev–Trinajstić information content (AvgIpc) is 2.28. The topological polar surface area (TPSA) is 38.3 Å². The number of hydrogen-bond donors (Lipinski definition) is 1. The molecule has 0 aliphatic carbocycles. The van der Waals surface area contributed by atoms with E-state index in [4.69, 9.17) is 4.74 Å². The van der Waals surface area contributed by atoms with Crippen LogP contribution in [-0.2, 0) is 4.79 Å². The maximum Gasteiger partial charge on any atom is 0.220 e. The first-order valence-electron chi connectivity index (χ1n) is 6.59. The van der Waals surface area contributed by atoms with Crippen LogP contribution in [0.5, 0.6) is 5.75 Å². The molecule has 1 rings (SSSR count). The van der Waals surface area contributed by atoms with Crippen molar-refractivity contribution in [1.29, 1.82) is 0 Å². The van der Waals surface area contributed by atoms with Crippen LogP contribution in [0.2, 0.25) is 0 Å². The van der Waals surface area contributed by atoms with E-state index in [2.05, 4.69) is 5.32 Å². The number of rotatable bonds is 6. The van der Waals surface area contributed by atoms with Gasteiger partial charge in [-0.1, -0.05) is 25.1 Å². The van der Waals surface area contributed by atoms with Crippen LogP contribution in [-0.4, -0.2) is 12.0 Å². The Morgan fingerprint density at radius 1 is 1.28 bits per heavy atom. The highest BCUT2D eigenvalue weighted by Gasteiger charge is 2.14. The lowest BCUT2D eigenvalue weighted by Crippen LogP contribution is -2.26. The summed E-state index contributed by atoms with van der Waals surface area (Å²) in [6.07, 6.45) is 1.56. The van der Waals surface area contributed by atoms with E-state index >= 15 is 0 Å². The van der Waals surface area contributed by atoms with Crippen molar-refractivity contribution in [3.8, 4) is 5.75 Å². The van der Waals surface area contributed by atoms with Crippen LogP contribution in [0.4, 0.5) is 0 Å². The van der Waals surface area contributed by atoms with Crippen LogP contribution in [0.25, 0.3) is 0 Å². The number of carbonyl (C=O) groups excluding carboxylic acids is 1. The van der Waals surface area contributed by atoms with Gasteiger partial charge in [-0.3, -0.25) is 4.79 Å². The van der Waals surface area contributed by atoms with Gasteiger partial charge >= 0.3 is 0 Å². The van der Waals surface area contributed by atoms with Gasteiger partial charge in [0.2, 0.25) is 5.91 Å². The summed E-state index contributed by atoms with van der Waals surface area (Å²) in [6, 6.07) is 7.82. The predicted octanol–water partition coefficient (Wildman–Crippen LogP) is 3.45. The predicted molar refractivity (Wildman–Crippen MR) is 73.7 cm³/mol. The van der Waals surface area contributed by atoms with Gasteiger partial charge in [-0.25, -0.2) is 0 Å². The molecule has 0 fully saturated rings. The zero-order valence-corrected chi connectivity index (χ0v) is 11.7. The first-order valence-corrected chi connectivity index (χ1v) is 6.59. The Kier molecular flexibility index (Phi) is 5.69. The monoisotopic (exact) mass is 249 g/mol. The summed E-state index contributed by atoms with van der Waals surface area (Å²) in [5.41, 5.74) is 1.02. The summed E-state index contributed by atoms with van der Waals surface area (Å²) in [5.74, 6) is 0.932. The van der Waals surface area contributed by atoms with E-state index < -0.39 is 0 Å². The van der Waals surface area contributed by atoms with Crippen LogP contribution in [0, 0.1) is 0 Å². The summed E-state index contributed by atoms with van der Waals surface area (Å²) in [4.78, 5) is 11.6. The second kappa shape index (κ2) is 7.04. The van der Waals surface area contributed by atoms with Gasteiger partial charge in [0, 0.05) is 12.0 Å². The molecule has 0 spiro atoms. The lowest BCUT2D eigenvalue weighted by atomic mass is 10.1. The number of nitrogens with one attached hydrogen (secondary N) is 1. The minimum atomic E-state index is -0.0287. The van der Waals surface area contributed by atoms with Gasteiger partial charge in [0.25, 0.3) is 0 Å². The van der Waals surface area contributed by atoms with E-state index in [9.17, 15) is 4.79 Å². The van der Waals surface area contributed by atoms with Crippen LogP contribution >= 0.6 is 0 Å². The number of hydrogen-bond acceptors (Lipinski definition) is 2. The molecule has 1 N–H and O–H groups in total. The summed E-state index contributed by atoms with van der Waals surface area (Å²) >= 11 is 0. The quantitative estimate of drug-likeness (QED) is 0.838. The van der Waals surface area contributed by atoms with Crippen molar-refractivity contribution < 1.29 is 9.53 Å².